The molecular formula is C16H24IN5OS. The van der Waals surface area contributed by atoms with Crippen LogP contribution < -0.4 is 15.4 Å². The van der Waals surface area contributed by atoms with Crippen LogP contribution in [-0.4, -0.2) is 29.6 Å². The summed E-state index contributed by atoms with van der Waals surface area (Å²) in [6.45, 7) is 8.21. The minimum Gasteiger partial charge on any atom is -0.481 e. The number of nitrogens with one attached hydrogen (secondary N) is 2. The Morgan fingerprint density at radius 3 is 2.62 bits per heavy atom. The molecule has 132 valence electrons. The van der Waals surface area contributed by atoms with Crippen LogP contribution >= 0.6 is 35.3 Å². The highest BCUT2D eigenvalue weighted by Gasteiger charge is 2.05. The maximum absolute atomic E-state index is 5.06. The van der Waals surface area contributed by atoms with Crippen molar-refractivity contribution in [3.8, 4) is 5.88 Å². The Morgan fingerprint density at radius 2 is 2.08 bits per heavy atom. The minimum absolute atomic E-state index is 0. The van der Waals surface area contributed by atoms with Crippen LogP contribution in [0.15, 0.2) is 23.3 Å². The normalized spacial score (nSPS) is 10.9. The number of rotatable bonds is 6. The highest BCUT2D eigenvalue weighted by molar-refractivity contribution is 14.0. The molecule has 0 atom stereocenters. The van der Waals surface area contributed by atoms with E-state index in [-0.39, 0.29) is 24.0 Å². The van der Waals surface area contributed by atoms with Gasteiger partial charge < -0.3 is 15.4 Å². The first-order valence-electron chi connectivity index (χ1n) is 7.56. The fourth-order valence-electron chi connectivity index (χ4n) is 1.91. The van der Waals surface area contributed by atoms with Crippen LogP contribution in [0.25, 0.3) is 0 Å². The second kappa shape index (κ2) is 10.4. The Balaban J connectivity index is 0.00000288. The summed E-state index contributed by atoms with van der Waals surface area (Å²) in [7, 11) is 1.61. The van der Waals surface area contributed by atoms with E-state index in [2.05, 4.69) is 32.5 Å². The quantitative estimate of drug-likeness (QED) is 0.393. The van der Waals surface area contributed by atoms with Gasteiger partial charge in [0.1, 0.15) is 5.01 Å². The van der Waals surface area contributed by atoms with E-state index in [0.29, 0.717) is 19.0 Å². The van der Waals surface area contributed by atoms with Gasteiger partial charge in [0.25, 0.3) is 0 Å². The van der Waals surface area contributed by atoms with E-state index < -0.39 is 0 Å². The topological polar surface area (TPSA) is 71.4 Å². The number of ether oxygens (including phenoxy) is 1. The molecule has 0 aliphatic carbocycles. The number of aliphatic imine (C=N–C) groups is 1. The molecule has 2 aromatic rings. The SMILES string of the molecule is CCNC(=NCc1ccc(OC)nc1)NCc1nc(C)c(C)s1.I. The zero-order chi connectivity index (χ0) is 16.7. The molecule has 2 N–H and O–H groups in total. The number of hydrogen-bond donors (Lipinski definition) is 2. The molecular weight excluding hydrogens is 437 g/mol. The molecule has 6 nitrogen and oxygen atoms in total. The van der Waals surface area contributed by atoms with Crippen molar-refractivity contribution >= 4 is 41.3 Å². The molecule has 0 fully saturated rings. The lowest BCUT2D eigenvalue weighted by molar-refractivity contribution is 0.397. The number of guanidine groups is 1. The second-order valence-corrected chi connectivity index (χ2v) is 6.29. The molecule has 0 amide bonds. The molecule has 0 aliphatic heterocycles. The molecule has 2 heterocycles. The number of pyridine rings is 1. The van der Waals surface area contributed by atoms with E-state index in [9.17, 15) is 0 Å². The molecule has 0 bridgehead atoms. The van der Waals surface area contributed by atoms with Gasteiger partial charge in [-0.1, -0.05) is 6.07 Å². The lowest BCUT2D eigenvalue weighted by Gasteiger charge is -2.10. The van der Waals surface area contributed by atoms with Crippen molar-refractivity contribution in [2.45, 2.75) is 33.9 Å². The fourth-order valence-corrected chi connectivity index (χ4v) is 2.79. The first-order chi connectivity index (χ1) is 11.1. The fraction of sp³-hybridized carbons (Fsp3) is 0.438. The molecule has 2 aromatic heterocycles. The van der Waals surface area contributed by atoms with Gasteiger partial charge in [0.05, 0.1) is 25.9 Å². The Morgan fingerprint density at radius 1 is 1.29 bits per heavy atom. The van der Waals surface area contributed by atoms with Crippen LogP contribution in [0.5, 0.6) is 5.88 Å². The molecule has 0 spiro atoms. The summed E-state index contributed by atoms with van der Waals surface area (Å²) in [6, 6.07) is 3.80. The van der Waals surface area contributed by atoms with Gasteiger partial charge in [-0.2, -0.15) is 0 Å². The van der Waals surface area contributed by atoms with Crippen LogP contribution in [0.1, 0.15) is 28.1 Å². The number of aryl methyl sites for hydroxylation is 2. The highest BCUT2D eigenvalue weighted by atomic mass is 127. The summed E-state index contributed by atoms with van der Waals surface area (Å²) in [5.41, 5.74) is 2.13. The number of hydrogen-bond acceptors (Lipinski definition) is 5. The lowest BCUT2D eigenvalue weighted by atomic mass is 10.3. The van der Waals surface area contributed by atoms with E-state index in [0.717, 1.165) is 28.8 Å². The van der Waals surface area contributed by atoms with Gasteiger partial charge in [0.15, 0.2) is 5.96 Å². The smallest absolute Gasteiger partial charge is 0.212 e. The predicted octanol–water partition coefficient (Wildman–Crippen LogP) is 3.04. The van der Waals surface area contributed by atoms with E-state index in [1.54, 1.807) is 24.6 Å². The van der Waals surface area contributed by atoms with Crippen LogP contribution in [0.4, 0.5) is 0 Å². The van der Waals surface area contributed by atoms with Crippen molar-refractivity contribution < 1.29 is 4.74 Å². The van der Waals surface area contributed by atoms with Crippen LogP contribution in [0.3, 0.4) is 0 Å². The van der Waals surface area contributed by atoms with Gasteiger partial charge in [-0.25, -0.2) is 15.0 Å². The lowest BCUT2D eigenvalue weighted by Crippen LogP contribution is -2.36. The third kappa shape index (κ3) is 6.23. The molecule has 0 unspecified atom stereocenters. The summed E-state index contributed by atoms with van der Waals surface area (Å²) in [4.78, 5) is 14.5. The molecule has 2 rings (SSSR count). The van der Waals surface area contributed by atoms with Gasteiger partial charge in [-0.3, -0.25) is 0 Å². The summed E-state index contributed by atoms with van der Waals surface area (Å²) in [6.07, 6.45) is 1.78. The van der Waals surface area contributed by atoms with Gasteiger partial charge in [0, 0.05) is 23.7 Å². The Kier molecular flexibility index (Phi) is 8.98. The van der Waals surface area contributed by atoms with Crippen molar-refractivity contribution in [3.05, 3.63) is 39.5 Å². The summed E-state index contributed by atoms with van der Waals surface area (Å²) in [5, 5.41) is 7.62. The van der Waals surface area contributed by atoms with Crippen molar-refractivity contribution in [2.24, 2.45) is 4.99 Å². The number of nitrogens with zero attached hydrogens (tertiary/aromatic N) is 3. The Bertz CT molecular complexity index is 637. The van der Waals surface area contributed by atoms with E-state index in [4.69, 9.17) is 4.74 Å². The number of halogens is 1. The molecule has 24 heavy (non-hydrogen) atoms. The maximum atomic E-state index is 5.06. The van der Waals surface area contributed by atoms with Crippen LogP contribution in [0, 0.1) is 13.8 Å². The van der Waals surface area contributed by atoms with Gasteiger partial charge in [0.2, 0.25) is 5.88 Å². The zero-order valence-electron chi connectivity index (χ0n) is 14.4. The molecule has 0 radical (unpaired) electrons. The average molecular weight is 461 g/mol. The van der Waals surface area contributed by atoms with Crippen LogP contribution in [-0.2, 0) is 13.1 Å². The van der Waals surface area contributed by atoms with Gasteiger partial charge in [-0.05, 0) is 26.3 Å². The number of thiazole rings is 1. The molecule has 0 saturated heterocycles. The highest BCUT2D eigenvalue weighted by Crippen LogP contribution is 2.15. The van der Waals surface area contributed by atoms with E-state index in [1.165, 1.54) is 4.88 Å². The van der Waals surface area contributed by atoms with Gasteiger partial charge in [-0.15, -0.1) is 35.3 Å². The predicted molar refractivity (Wildman–Crippen MR) is 109 cm³/mol. The number of methoxy groups -OCH3 is 1. The van der Waals surface area contributed by atoms with Gasteiger partial charge >= 0.3 is 0 Å². The van der Waals surface area contributed by atoms with Crippen LogP contribution in [0.2, 0.25) is 0 Å². The first-order valence-corrected chi connectivity index (χ1v) is 8.38. The minimum atomic E-state index is 0. The summed E-state index contributed by atoms with van der Waals surface area (Å²) < 4.78 is 5.06. The van der Waals surface area contributed by atoms with E-state index >= 15 is 0 Å². The molecule has 8 heteroatoms. The Labute approximate surface area is 164 Å². The van der Waals surface area contributed by atoms with E-state index in [1.807, 2.05) is 26.0 Å². The van der Waals surface area contributed by atoms with Crippen molar-refractivity contribution in [1.29, 1.82) is 0 Å². The molecule has 0 aromatic carbocycles. The largest absolute Gasteiger partial charge is 0.481 e. The average Bonchev–Trinajstić information content (AvgIpc) is 2.89. The third-order valence-corrected chi connectivity index (χ3v) is 4.32. The number of aromatic nitrogens is 2. The maximum Gasteiger partial charge on any atom is 0.212 e. The van der Waals surface area contributed by atoms with Crippen molar-refractivity contribution in [2.75, 3.05) is 13.7 Å². The first kappa shape index (κ1) is 20.6. The second-order valence-electron chi connectivity index (χ2n) is 5.01. The Hall–Kier alpha value is -1.42. The summed E-state index contributed by atoms with van der Waals surface area (Å²) in [5.74, 6) is 1.38. The van der Waals surface area contributed by atoms with Crippen molar-refractivity contribution in [3.63, 3.8) is 0 Å². The molecule has 0 saturated carbocycles. The zero-order valence-corrected chi connectivity index (χ0v) is 17.6. The standard InChI is InChI=1S/C16H23N5OS.HI/c1-5-17-16(20-10-15-21-11(2)12(3)23-15)19-9-13-6-7-14(22-4)18-8-13;/h6-8H,5,9-10H2,1-4H3,(H2,17,19,20);1H. The third-order valence-electron chi connectivity index (χ3n) is 3.25. The monoisotopic (exact) mass is 461 g/mol. The van der Waals surface area contributed by atoms with Crippen molar-refractivity contribution in [1.82, 2.24) is 20.6 Å². The molecule has 0 aliphatic rings. The summed E-state index contributed by atoms with van der Waals surface area (Å²) >= 11 is 1.71.